The number of carbonyl (C=O) groups is 3. The SMILES string of the molecule is CC(C)CNC(=O)NC(=O)COC(=O)c1ccc(S(=O)(=O)NC(C)(C)C)cc1. The first-order valence-electron chi connectivity index (χ1n) is 8.69. The lowest BCUT2D eigenvalue weighted by molar-refractivity contribution is -0.123. The molecule has 3 amide bonds. The van der Waals surface area contributed by atoms with Crippen LogP contribution in [0.2, 0.25) is 0 Å². The van der Waals surface area contributed by atoms with E-state index in [1.54, 1.807) is 20.8 Å². The summed E-state index contributed by atoms with van der Waals surface area (Å²) in [5.41, 5.74) is -0.572. The van der Waals surface area contributed by atoms with Crippen LogP contribution < -0.4 is 15.4 Å². The zero-order chi connectivity index (χ0) is 21.5. The molecule has 0 saturated heterocycles. The Balaban J connectivity index is 2.60. The fraction of sp³-hybridized carbons (Fsp3) is 0.500. The normalized spacial score (nSPS) is 11.8. The first-order valence-corrected chi connectivity index (χ1v) is 10.2. The molecule has 0 fully saturated rings. The molecular formula is C18H27N3O6S. The highest BCUT2D eigenvalue weighted by atomic mass is 32.2. The first kappa shape index (κ1) is 23.6. The van der Waals surface area contributed by atoms with Gasteiger partial charge in [-0.05, 0) is 51.0 Å². The number of esters is 1. The van der Waals surface area contributed by atoms with Gasteiger partial charge >= 0.3 is 12.0 Å². The minimum Gasteiger partial charge on any atom is -0.452 e. The van der Waals surface area contributed by atoms with Crippen molar-refractivity contribution in [2.24, 2.45) is 5.92 Å². The molecular weight excluding hydrogens is 386 g/mol. The van der Waals surface area contributed by atoms with Gasteiger partial charge in [-0.15, -0.1) is 0 Å². The minimum atomic E-state index is -3.72. The second-order valence-corrected chi connectivity index (χ2v) is 9.29. The largest absolute Gasteiger partial charge is 0.452 e. The summed E-state index contributed by atoms with van der Waals surface area (Å²) in [5.74, 6) is -1.36. The zero-order valence-corrected chi connectivity index (χ0v) is 17.5. The molecule has 0 unspecified atom stereocenters. The second kappa shape index (κ2) is 9.65. The van der Waals surface area contributed by atoms with Crippen LogP contribution in [0.15, 0.2) is 29.2 Å². The van der Waals surface area contributed by atoms with Gasteiger partial charge in [-0.25, -0.2) is 22.7 Å². The van der Waals surface area contributed by atoms with Gasteiger partial charge in [0.1, 0.15) is 0 Å². The molecule has 3 N–H and O–H groups in total. The molecule has 28 heavy (non-hydrogen) atoms. The van der Waals surface area contributed by atoms with Gasteiger partial charge in [0.25, 0.3) is 5.91 Å². The average molecular weight is 413 g/mol. The maximum atomic E-state index is 12.2. The second-order valence-electron chi connectivity index (χ2n) is 7.61. The Labute approximate surface area is 165 Å². The van der Waals surface area contributed by atoms with Gasteiger partial charge in [-0.3, -0.25) is 10.1 Å². The predicted molar refractivity (Wildman–Crippen MR) is 103 cm³/mol. The van der Waals surface area contributed by atoms with Crippen molar-refractivity contribution in [3.8, 4) is 0 Å². The summed E-state index contributed by atoms with van der Waals surface area (Å²) < 4.78 is 31.8. The van der Waals surface area contributed by atoms with Gasteiger partial charge in [-0.2, -0.15) is 0 Å². The third-order valence-corrected chi connectivity index (χ3v) is 4.87. The van der Waals surface area contributed by atoms with E-state index in [2.05, 4.69) is 10.0 Å². The summed E-state index contributed by atoms with van der Waals surface area (Å²) in [4.78, 5) is 35.0. The van der Waals surface area contributed by atoms with Crippen LogP contribution in [0.3, 0.4) is 0 Å². The summed E-state index contributed by atoms with van der Waals surface area (Å²) >= 11 is 0. The Bertz CT molecular complexity index is 811. The van der Waals surface area contributed by atoms with Crippen LogP contribution in [-0.2, 0) is 19.6 Å². The van der Waals surface area contributed by atoms with E-state index in [0.717, 1.165) is 0 Å². The molecule has 10 heteroatoms. The lowest BCUT2D eigenvalue weighted by atomic mass is 10.1. The number of urea groups is 1. The van der Waals surface area contributed by atoms with Crippen molar-refractivity contribution in [3.63, 3.8) is 0 Å². The lowest BCUT2D eigenvalue weighted by Gasteiger charge is -2.20. The van der Waals surface area contributed by atoms with Gasteiger partial charge in [0.2, 0.25) is 10.0 Å². The van der Waals surface area contributed by atoms with Crippen LogP contribution in [0, 0.1) is 5.92 Å². The highest BCUT2D eigenvalue weighted by Crippen LogP contribution is 2.14. The van der Waals surface area contributed by atoms with Crippen molar-refractivity contribution in [1.29, 1.82) is 0 Å². The number of amides is 3. The maximum absolute atomic E-state index is 12.2. The lowest BCUT2D eigenvalue weighted by Crippen LogP contribution is -2.42. The average Bonchev–Trinajstić information content (AvgIpc) is 2.56. The Hall–Kier alpha value is -2.46. The molecule has 0 aliphatic rings. The van der Waals surface area contributed by atoms with E-state index in [-0.39, 0.29) is 16.4 Å². The Morgan fingerprint density at radius 3 is 2.14 bits per heavy atom. The van der Waals surface area contributed by atoms with Gasteiger partial charge in [0.15, 0.2) is 6.61 Å². The smallest absolute Gasteiger partial charge is 0.338 e. The molecule has 1 rings (SSSR count). The van der Waals surface area contributed by atoms with E-state index in [9.17, 15) is 22.8 Å². The van der Waals surface area contributed by atoms with Crippen molar-refractivity contribution >= 4 is 27.9 Å². The quantitative estimate of drug-likeness (QED) is 0.579. The van der Waals surface area contributed by atoms with Crippen LogP contribution >= 0.6 is 0 Å². The Kier molecular flexibility index (Phi) is 8.13. The highest BCUT2D eigenvalue weighted by Gasteiger charge is 2.22. The number of hydrogen-bond acceptors (Lipinski definition) is 6. The van der Waals surface area contributed by atoms with E-state index < -0.39 is 40.1 Å². The number of imide groups is 1. The van der Waals surface area contributed by atoms with E-state index in [1.807, 2.05) is 19.2 Å². The van der Waals surface area contributed by atoms with Crippen LogP contribution in [0.1, 0.15) is 45.0 Å². The van der Waals surface area contributed by atoms with Crippen molar-refractivity contribution in [1.82, 2.24) is 15.4 Å². The molecule has 0 aliphatic heterocycles. The number of sulfonamides is 1. The van der Waals surface area contributed by atoms with Crippen LogP contribution in [-0.4, -0.2) is 45.0 Å². The number of hydrogen-bond donors (Lipinski definition) is 3. The first-order chi connectivity index (χ1) is 12.8. The highest BCUT2D eigenvalue weighted by molar-refractivity contribution is 7.89. The molecule has 0 aliphatic carbocycles. The number of carbonyl (C=O) groups excluding carboxylic acids is 3. The van der Waals surface area contributed by atoms with Crippen LogP contribution in [0.4, 0.5) is 4.79 Å². The summed E-state index contributed by atoms with van der Waals surface area (Å²) in [7, 11) is -3.72. The fourth-order valence-electron chi connectivity index (χ4n) is 1.95. The van der Waals surface area contributed by atoms with Gasteiger partial charge in [-0.1, -0.05) is 13.8 Å². The molecule has 0 spiro atoms. The molecule has 0 atom stereocenters. The number of ether oxygens (including phenoxy) is 1. The third kappa shape index (κ3) is 8.49. The molecule has 0 bridgehead atoms. The van der Waals surface area contributed by atoms with E-state index in [4.69, 9.17) is 4.74 Å². The maximum Gasteiger partial charge on any atom is 0.338 e. The predicted octanol–water partition coefficient (Wildman–Crippen LogP) is 1.40. The third-order valence-electron chi connectivity index (χ3n) is 3.10. The topological polar surface area (TPSA) is 131 Å². The number of rotatable bonds is 7. The molecule has 0 radical (unpaired) electrons. The molecule has 1 aromatic carbocycles. The molecule has 0 heterocycles. The van der Waals surface area contributed by atoms with Gasteiger partial charge in [0, 0.05) is 12.1 Å². The van der Waals surface area contributed by atoms with Gasteiger partial charge in [0.05, 0.1) is 10.5 Å². The molecule has 1 aromatic rings. The summed E-state index contributed by atoms with van der Waals surface area (Å²) in [6, 6.07) is 4.43. The summed E-state index contributed by atoms with van der Waals surface area (Å²) in [5, 5.41) is 4.53. The molecule has 0 aromatic heterocycles. The van der Waals surface area contributed by atoms with E-state index >= 15 is 0 Å². The Morgan fingerprint density at radius 2 is 1.64 bits per heavy atom. The van der Waals surface area contributed by atoms with Gasteiger partial charge < -0.3 is 10.1 Å². The Morgan fingerprint density at radius 1 is 1.07 bits per heavy atom. The van der Waals surface area contributed by atoms with E-state index in [0.29, 0.717) is 6.54 Å². The fourth-order valence-corrected chi connectivity index (χ4v) is 3.37. The van der Waals surface area contributed by atoms with Crippen molar-refractivity contribution < 1.29 is 27.5 Å². The number of benzene rings is 1. The molecule has 156 valence electrons. The minimum absolute atomic E-state index is 0.00135. The van der Waals surface area contributed by atoms with Crippen molar-refractivity contribution in [2.45, 2.75) is 45.1 Å². The molecule has 9 nitrogen and oxygen atoms in total. The van der Waals surface area contributed by atoms with E-state index in [1.165, 1.54) is 24.3 Å². The number of nitrogens with one attached hydrogen (secondary N) is 3. The summed E-state index contributed by atoms with van der Waals surface area (Å²) in [6.45, 7) is 8.70. The standard InChI is InChI=1S/C18H27N3O6S/c1-12(2)10-19-17(24)20-15(22)11-27-16(23)13-6-8-14(9-7-13)28(25,26)21-18(3,4)5/h6-9,12,21H,10-11H2,1-5H3,(H2,19,20,22,24). The van der Waals surface area contributed by atoms with Crippen molar-refractivity contribution in [3.05, 3.63) is 29.8 Å². The van der Waals surface area contributed by atoms with Crippen LogP contribution in [0.25, 0.3) is 0 Å². The van der Waals surface area contributed by atoms with Crippen LogP contribution in [0.5, 0.6) is 0 Å². The molecule has 0 saturated carbocycles. The summed E-state index contributed by atoms with van der Waals surface area (Å²) in [6.07, 6.45) is 0. The zero-order valence-electron chi connectivity index (χ0n) is 16.7. The van der Waals surface area contributed by atoms with Crippen molar-refractivity contribution in [2.75, 3.05) is 13.2 Å². The monoisotopic (exact) mass is 413 g/mol.